The van der Waals surface area contributed by atoms with Gasteiger partial charge in [-0.15, -0.1) is 0 Å². The molecule has 1 aromatic rings. The van der Waals surface area contributed by atoms with E-state index in [0.717, 1.165) is 24.2 Å². The van der Waals surface area contributed by atoms with E-state index in [1.54, 1.807) is 19.9 Å². The number of benzene rings is 1. The molecule has 1 aromatic carbocycles. The summed E-state index contributed by atoms with van der Waals surface area (Å²) in [5.41, 5.74) is 0.847. The van der Waals surface area contributed by atoms with E-state index in [9.17, 15) is 9.59 Å². The first-order valence-corrected chi connectivity index (χ1v) is 7.88. The van der Waals surface area contributed by atoms with E-state index in [4.69, 9.17) is 9.84 Å². The van der Waals surface area contributed by atoms with Crippen molar-refractivity contribution in [3.63, 3.8) is 0 Å². The van der Waals surface area contributed by atoms with Crippen LogP contribution in [0.3, 0.4) is 0 Å². The highest BCUT2D eigenvalue weighted by atomic mass is 16.5. The second-order valence-corrected chi connectivity index (χ2v) is 5.67. The molecule has 0 spiro atoms. The molecule has 0 heterocycles. The number of carbonyl (C=O) groups is 2. The van der Waals surface area contributed by atoms with Crippen molar-refractivity contribution in [3.8, 4) is 5.75 Å². The fraction of sp³-hybridized carbons (Fsp3) is 0.444. The molecule has 1 atom stereocenters. The van der Waals surface area contributed by atoms with Gasteiger partial charge in [0, 0.05) is 6.08 Å². The quantitative estimate of drug-likeness (QED) is 0.542. The van der Waals surface area contributed by atoms with Crippen LogP contribution in [0.5, 0.6) is 5.75 Å². The zero-order valence-corrected chi connectivity index (χ0v) is 13.9. The predicted molar refractivity (Wildman–Crippen MR) is 90.3 cm³/mol. The molecule has 0 bridgehead atoms. The van der Waals surface area contributed by atoms with E-state index in [1.165, 1.54) is 6.08 Å². The Morgan fingerprint density at radius 2 is 1.91 bits per heavy atom. The van der Waals surface area contributed by atoms with Gasteiger partial charge in [0.25, 0.3) is 0 Å². The first-order chi connectivity index (χ1) is 10.9. The van der Waals surface area contributed by atoms with Crippen LogP contribution in [-0.4, -0.2) is 29.6 Å². The third-order valence-corrected chi connectivity index (χ3v) is 3.30. The molecule has 0 unspecified atom stereocenters. The predicted octanol–water partition coefficient (Wildman–Crippen LogP) is 3.10. The molecule has 0 aliphatic carbocycles. The lowest BCUT2D eigenvalue weighted by Crippen LogP contribution is -2.43. The highest BCUT2D eigenvalue weighted by Crippen LogP contribution is 2.13. The second-order valence-electron chi connectivity index (χ2n) is 5.67. The van der Waals surface area contributed by atoms with Gasteiger partial charge in [0.15, 0.2) is 0 Å². The minimum Gasteiger partial charge on any atom is -0.494 e. The highest BCUT2D eigenvalue weighted by molar-refractivity contribution is 5.94. The number of ether oxygens (including phenoxy) is 1. The lowest BCUT2D eigenvalue weighted by atomic mass is 10.0. The lowest BCUT2D eigenvalue weighted by molar-refractivity contribution is -0.142. The van der Waals surface area contributed by atoms with Crippen LogP contribution in [0.1, 0.15) is 39.2 Å². The Labute approximate surface area is 137 Å². The molecular formula is C18H25NO4. The number of hydrogen-bond donors (Lipinski definition) is 2. The van der Waals surface area contributed by atoms with Gasteiger partial charge in [-0.3, -0.25) is 4.79 Å². The number of carbonyl (C=O) groups excluding carboxylic acids is 1. The number of amides is 1. The molecule has 0 radical (unpaired) electrons. The van der Waals surface area contributed by atoms with Gasteiger partial charge in [-0.1, -0.05) is 39.3 Å². The summed E-state index contributed by atoms with van der Waals surface area (Å²) in [5, 5.41) is 11.5. The smallest absolute Gasteiger partial charge is 0.326 e. The molecule has 2 N–H and O–H groups in total. The maximum Gasteiger partial charge on any atom is 0.326 e. The zero-order valence-electron chi connectivity index (χ0n) is 13.9. The lowest BCUT2D eigenvalue weighted by Gasteiger charge is -2.16. The Bertz CT molecular complexity index is 534. The monoisotopic (exact) mass is 319 g/mol. The van der Waals surface area contributed by atoms with Gasteiger partial charge in [0.2, 0.25) is 5.91 Å². The maximum absolute atomic E-state index is 11.8. The van der Waals surface area contributed by atoms with Crippen molar-refractivity contribution in [2.24, 2.45) is 5.92 Å². The van der Waals surface area contributed by atoms with Gasteiger partial charge in [-0.25, -0.2) is 4.79 Å². The molecule has 0 aliphatic rings. The Balaban J connectivity index is 2.56. The van der Waals surface area contributed by atoms with Gasteiger partial charge in [0.1, 0.15) is 11.8 Å². The Kier molecular flexibility index (Phi) is 7.88. The molecule has 0 saturated carbocycles. The molecule has 1 amide bonds. The van der Waals surface area contributed by atoms with Crippen LogP contribution in [0.25, 0.3) is 6.08 Å². The van der Waals surface area contributed by atoms with Crippen molar-refractivity contribution in [2.75, 3.05) is 6.61 Å². The van der Waals surface area contributed by atoms with Gasteiger partial charge >= 0.3 is 5.97 Å². The van der Waals surface area contributed by atoms with Crippen LogP contribution in [0.2, 0.25) is 0 Å². The fourth-order valence-corrected chi connectivity index (χ4v) is 1.90. The zero-order chi connectivity index (χ0) is 17.2. The van der Waals surface area contributed by atoms with E-state index in [0.29, 0.717) is 6.61 Å². The summed E-state index contributed by atoms with van der Waals surface area (Å²) in [7, 11) is 0. The summed E-state index contributed by atoms with van der Waals surface area (Å²) >= 11 is 0. The van der Waals surface area contributed by atoms with Crippen LogP contribution in [0.15, 0.2) is 30.3 Å². The average molecular weight is 319 g/mol. The van der Waals surface area contributed by atoms with E-state index in [2.05, 4.69) is 12.2 Å². The van der Waals surface area contributed by atoms with E-state index < -0.39 is 17.9 Å². The number of carboxylic acid groups (broad SMARTS) is 1. The molecule has 23 heavy (non-hydrogen) atoms. The molecule has 0 saturated heterocycles. The third kappa shape index (κ3) is 7.00. The van der Waals surface area contributed by atoms with Crippen LogP contribution in [0.4, 0.5) is 0 Å². The maximum atomic E-state index is 11.8. The number of rotatable bonds is 9. The SMILES string of the molecule is CCCCOc1ccc(/C=C/C(=O)N[C@@H](C(=O)O)C(C)C)cc1. The van der Waals surface area contributed by atoms with Gasteiger partial charge in [-0.2, -0.15) is 0 Å². The summed E-state index contributed by atoms with van der Waals surface area (Å²) in [5.74, 6) is -0.833. The number of hydrogen-bond acceptors (Lipinski definition) is 3. The van der Waals surface area contributed by atoms with Crippen LogP contribution >= 0.6 is 0 Å². The number of aliphatic carboxylic acids is 1. The summed E-state index contributed by atoms with van der Waals surface area (Å²) in [4.78, 5) is 22.8. The average Bonchev–Trinajstić information content (AvgIpc) is 2.51. The van der Waals surface area contributed by atoms with Crippen molar-refractivity contribution >= 4 is 18.0 Å². The molecule has 5 heteroatoms. The van der Waals surface area contributed by atoms with Gasteiger partial charge in [-0.05, 0) is 36.1 Å². The first-order valence-electron chi connectivity index (χ1n) is 7.88. The Morgan fingerprint density at radius 3 is 2.43 bits per heavy atom. The van der Waals surface area contributed by atoms with E-state index >= 15 is 0 Å². The van der Waals surface area contributed by atoms with E-state index in [-0.39, 0.29) is 5.92 Å². The molecule has 0 aliphatic heterocycles. The largest absolute Gasteiger partial charge is 0.494 e. The summed E-state index contributed by atoms with van der Waals surface area (Å²) < 4.78 is 5.56. The second kappa shape index (κ2) is 9.66. The molecule has 5 nitrogen and oxygen atoms in total. The highest BCUT2D eigenvalue weighted by Gasteiger charge is 2.22. The van der Waals surface area contributed by atoms with Crippen molar-refractivity contribution < 1.29 is 19.4 Å². The van der Waals surface area contributed by atoms with Crippen LogP contribution in [0, 0.1) is 5.92 Å². The normalized spacial score (nSPS) is 12.3. The topological polar surface area (TPSA) is 75.6 Å². The standard InChI is InChI=1S/C18H25NO4/c1-4-5-12-23-15-9-6-14(7-10-15)8-11-16(20)19-17(13(2)3)18(21)22/h6-11,13,17H,4-5,12H2,1-3H3,(H,19,20)(H,21,22)/b11-8+/t17-/m1/s1. The molecule has 0 aromatic heterocycles. The number of nitrogens with one attached hydrogen (secondary N) is 1. The van der Waals surface area contributed by atoms with Crippen LogP contribution in [-0.2, 0) is 9.59 Å². The van der Waals surface area contributed by atoms with Crippen molar-refractivity contribution in [2.45, 2.75) is 39.7 Å². The Hall–Kier alpha value is -2.30. The summed E-state index contributed by atoms with van der Waals surface area (Å²) in [6.45, 7) is 6.30. The molecule has 1 rings (SSSR count). The van der Waals surface area contributed by atoms with E-state index in [1.807, 2.05) is 24.3 Å². The van der Waals surface area contributed by atoms with Crippen molar-refractivity contribution in [3.05, 3.63) is 35.9 Å². The third-order valence-electron chi connectivity index (χ3n) is 3.30. The minimum absolute atomic E-state index is 0.176. The fourth-order valence-electron chi connectivity index (χ4n) is 1.90. The van der Waals surface area contributed by atoms with Crippen molar-refractivity contribution in [1.82, 2.24) is 5.32 Å². The van der Waals surface area contributed by atoms with Gasteiger partial charge < -0.3 is 15.2 Å². The number of carboxylic acids is 1. The minimum atomic E-state index is -1.03. The molecule has 0 fully saturated rings. The first kappa shape index (κ1) is 18.7. The molecule has 126 valence electrons. The number of unbranched alkanes of at least 4 members (excludes halogenated alkanes) is 1. The molecular weight excluding hydrogens is 294 g/mol. The Morgan fingerprint density at radius 1 is 1.26 bits per heavy atom. The van der Waals surface area contributed by atoms with Crippen molar-refractivity contribution in [1.29, 1.82) is 0 Å². The summed E-state index contributed by atoms with van der Waals surface area (Å²) in [6.07, 6.45) is 5.09. The van der Waals surface area contributed by atoms with Gasteiger partial charge in [0.05, 0.1) is 6.61 Å². The van der Waals surface area contributed by atoms with Crippen LogP contribution < -0.4 is 10.1 Å². The summed E-state index contributed by atoms with van der Waals surface area (Å²) in [6, 6.07) is 6.51.